The maximum absolute atomic E-state index is 13.9. The Hall–Kier alpha value is -2.23. The van der Waals surface area contributed by atoms with Gasteiger partial charge >= 0.3 is 0 Å². The highest BCUT2D eigenvalue weighted by Gasteiger charge is 2.23. The fourth-order valence-corrected chi connectivity index (χ4v) is 3.34. The van der Waals surface area contributed by atoms with Gasteiger partial charge in [0.25, 0.3) is 5.91 Å². The quantitative estimate of drug-likeness (QED) is 0.870. The first-order chi connectivity index (χ1) is 11.2. The molecule has 2 heterocycles. The number of hydrogen-bond acceptors (Lipinski definition) is 4. The van der Waals surface area contributed by atoms with E-state index in [0.29, 0.717) is 30.8 Å². The Morgan fingerprint density at radius 2 is 2.04 bits per heavy atom. The van der Waals surface area contributed by atoms with Crippen molar-refractivity contribution in [1.29, 1.82) is 5.26 Å². The molecule has 3 rings (SSSR count). The predicted octanol–water partition coefficient (Wildman–Crippen LogP) is 2.72. The summed E-state index contributed by atoms with van der Waals surface area (Å²) in [6.07, 6.45) is 0. The smallest absolute Gasteiger partial charge is 0.264 e. The maximum Gasteiger partial charge on any atom is 0.264 e. The van der Waals surface area contributed by atoms with Gasteiger partial charge in [-0.3, -0.25) is 9.69 Å². The average Bonchev–Trinajstić information content (AvgIpc) is 3.11. The zero-order chi connectivity index (χ0) is 16.2. The molecule has 0 aliphatic carbocycles. The number of carbonyl (C=O) groups is 1. The van der Waals surface area contributed by atoms with Crippen molar-refractivity contribution in [2.75, 3.05) is 26.2 Å². The minimum absolute atomic E-state index is 0.0733. The van der Waals surface area contributed by atoms with Gasteiger partial charge in [-0.25, -0.2) is 4.39 Å². The molecule has 0 saturated carbocycles. The SMILES string of the molecule is N#Cc1ccc(CN2CCN(C(=O)c3cccs3)CC2)c(F)c1. The van der Waals surface area contributed by atoms with Crippen LogP contribution in [0.2, 0.25) is 0 Å². The first kappa shape index (κ1) is 15.7. The van der Waals surface area contributed by atoms with E-state index in [2.05, 4.69) is 4.90 Å². The van der Waals surface area contributed by atoms with Gasteiger partial charge < -0.3 is 4.90 Å². The molecule has 0 atom stereocenters. The van der Waals surface area contributed by atoms with Crippen LogP contribution >= 0.6 is 11.3 Å². The number of benzene rings is 1. The molecule has 0 unspecified atom stereocenters. The van der Waals surface area contributed by atoms with E-state index in [9.17, 15) is 9.18 Å². The van der Waals surface area contributed by atoms with Crippen LogP contribution in [0, 0.1) is 17.1 Å². The number of rotatable bonds is 3. The molecule has 1 aromatic carbocycles. The predicted molar refractivity (Wildman–Crippen MR) is 86.6 cm³/mol. The van der Waals surface area contributed by atoms with E-state index in [0.717, 1.165) is 18.0 Å². The summed E-state index contributed by atoms with van der Waals surface area (Å²) in [5.41, 5.74) is 0.916. The summed E-state index contributed by atoms with van der Waals surface area (Å²) in [4.78, 5) is 17.0. The Balaban J connectivity index is 1.57. The van der Waals surface area contributed by atoms with Gasteiger partial charge in [0.05, 0.1) is 16.5 Å². The summed E-state index contributed by atoms with van der Waals surface area (Å²) in [6.45, 7) is 3.23. The number of piperazine rings is 1. The van der Waals surface area contributed by atoms with Gasteiger partial charge in [-0.05, 0) is 23.6 Å². The highest BCUT2D eigenvalue weighted by Crippen LogP contribution is 2.16. The van der Waals surface area contributed by atoms with E-state index in [1.165, 1.54) is 17.4 Å². The summed E-state index contributed by atoms with van der Waals surface area (Å²) in [5.74, 6) is -0.273. The normalized spacial score (nSPS) is 15.4. The van der Waals surface area contributed by atoms with Crippen molar-refractivity contribution in [2.45, 2.75) is 6.54 Å². The molecule has 1 aliphatic heterocycles. The third kappa shape index (κ3) is 3.58. The Bertz CT molecular complexity index is 731. The number of nitriles is 1. The second-order valence-electron chi connectivity index (χ2n) is 5.46. The van der Waals surface area contributed by atoms with Crippen LogP contribution in [-0.2, 0) is 6.54 Å². The molecule has 0 N–H and O–H groups in total. The van der Waals surface area contributed by atoms with Gasteiger partial charge in [0.2, 0.25) is 0 Å². The lowest BCUT2D eigenvalue weighted by atomic mass is 10.1. The van der Waals surface area contributed by atoms with Crippen molar-refractivity contribution in [3.63, 3.8) is 0 Å². The molecule has 0 spiro atoms. The Labute approximate surface area is 138 Å². The molecule has 1 fully saturated rings. The van der Waals surface area contributed by atoms with E-state index in [-0.39, 0.29) is 11.7 Å². The molecule has 1 amide bonds. The third-order valence-corrected chi connectivity index (χ3v) is 4.83. The molecule has 4 nitrogen and oxygen atoms in total. The van der Waals surface area contributed by atoms with Crippen molar-refractivity contribution in [3.8, 4) is 6.07 Å². The summed E-state index contributed by atoms with van der Waals surface area (Å²) in [7, 11) is 0. The molecular formula is C17H16FN3OS. The molecule has 0 bridgehead atoms. The van der Waals surface area contributed by atoms with Gasteiger partial charge in [-0.1, -0.05) is 12.1 Å². The van der Waals surface area contributed by atoms with Crippen LogP contribution < -0.4 is 0 Å². The standard InChI is InChI=1S/C17H16FN3OS/c18-15-10-13(11-19)3-4-14(15)12-20-5-7-21(8-6-20)17(22)16-2-1-9-23-16/h1-4,9-10H,5-8,12H2. The molecule has 1 aliphatic rings. The van der Waals surface area contributed by atoms with Crippen LogP contribution in [-0.4, -0.2) is 41.9 Å². The van der Waals surface area contributed by atoms with Crippen LogP contribution in [0.5, 0.6) is 0 Å². The first-order valence-electron chi connectivity index (χ1n) is 7.41. The Morgan fingerprint density at radius 3 is 2.65 bits per heavy atom. The van der Waals surface area contributed by atoms with Gasteiger partial charge in [-0.15, -0.1) is 11.3 Å². The highest BCUT2D eigenvalue weighted by molar-refractivity contribution is 7.12. The number of amides is 1. The van der Waals surface area contributed by atoms with Crippen molar-refractivity contribution < 1.29 is 9.18 Å². The maximum atomic E-state index is 13.9. The van der Waals surface area contributed by atoms with Crippen molar-refractivity contribution in [3.05, 3.63) is 57.5 Å². The minimum Gasteiger partial charge on any atom is -0.335 e. The molecule has 2 aromatic rings. The summed E-state index contributed by atoms with van der Waals surface area (Å²) < 4.78 is 13.9. The number of halogens is 1. The average molecular weight is 329 g/mol. The number of nitrogens with zero attached hydrogens (tertiary/aromatic N) is 3. The van der Waals surface area contributed by atoms with Crippen LogP contribution in [0.1, 0.15) is 20.8 Å². The van der Waals surface area contributed by atoms with Crippen molar-refractivity contribution >= 4 is 17.2 Å². The second kappa shape index (κ2) is 6.90. The summed E-state index contributed by atoms with van der Waals surface area (Å²) >= 11 is 1.45. The van der Waals surface area contributed by atoms with Crippen molar-refractivity contribution in [1.82, 2.24) is 9.80 Å². The fourth-order valence-electron chi connectivity index (χ4n) is 2.65. The number of carbonyl (C=O) groups excluding carboxylic acids is 1. The highest BCUT2D eigenvalue weighted by atomic mass is 32.1. The molecule has 23 heavy (non-hydrogen) atoms. The minimum atomic E-state index is -0.346. The van der Waals surface area contributed by atoms with E-state index < -0.39 is 0 Å². The monoisotopic (exact) mass is 329 g/mol. The molecule has 1 aromatic heterocycles. The van der Waals surface area contributed by atoms with Gasteiger partial charge in [-0.2, -0.15) is 5.26 Å². The molecule has 6 heteroatoms. The van der Waals surface area contributed by atoms with E-state index in [4.69, 9.17) is 5.26 Å². The summed E-state index contributed by atoms with van der Waals surface area (Å²) in [6, 6.07) is 10.2. The van der Waals surface area contributed by atoms with Crippen LogP contribution in [0.25, 0.3) is 0 Å². The zero-order valence-electron chi connectivity index (χ0n) is 12.5. The Kier molecular flexibility index (Phi) is 4.70. The lowest BCUT2D eigenvalue weighted by molar-refractivity contribution is 0.0632. The summed E-state index contributed by atoms with van der Waals surface area (Å²) in [5, 5.41) is 10.7. The molecule has 0 radical (unpaired) electrons. The Morgan fingerprint density at radius 1 is 1.26 bits per heavy atom. The van der Waals surface area contributed by atoms with Gasteiger partial charge in [0.1, 0.15) is 5.82 Å². The third-order valence-electron chi connectivity index (χ3n) is 3.97. The largest absolute Gasteiger partial charge is 0.335 e. The first-order valence-corrected chi connectivity index (χ1v) is 8.29. The number of thiophene rings is 1. The van der Waals surface area contributed by atoms with Crippen LogP contribution in [0.15, 0.2) is 35.7 Å². The molecular weight excluding hydrogens is 313 g/mol. The lowest BCUT2D eigenvalue weighted by Crippen LogP contribution is -2.48. The van der Waals surface area contributed by atoms with E-state index in [1.807, 2.05) is 28.5 Å². The zero-order valence-corrected chi connectivity index (χ0v) is 13.4. The van der Waals surface area contributed by atoms with Crippen LogP contribution in [0.3, 0.4) is 0 Å². The van der Waals surface area contributed by atoms with Crippen molar-refractivity contribution in [2.24, 2.45) is 0 Å². The lowest BCUT2D eigenvalue weighted by Gasteiger charge is -2.34. The number of hydrogen-bond donors (Lipinski definition) is 0. The van der Waals surface area contributed by atoms with E-state index >= 15 is 0 Å². The topological polar surface area (TPSA) is 47.3 Å². The molecule has 1 saturated heterocycles. The van der Waals surface area contributed by atoms with Gasteiger partial charge in [0, 0.05) is 38.3 Å². The second-order valence-corrected chi connectivity index (χ2v) is 6.41. The molecule has 118 valence electrons. The van der Waals surface area contributed by atoms with Gasteiger partial charge in [0.15, 0.2) is 0 Å². The van der Waals surface area contributed by atoms with Crippen LogP contribution in [0.4, 0.5) is 4.39 Å². The van der Waals surface area contributed by atoms with E-state index in [1.54, 1.807) is 12.1 Å². The fraction of sp³-hybridized carbons (Fsp3) is 0.294.